The third-order valence-electron chi connectivity index (χ3n) is 5.44. The van der Waals surface area contributed by atoms with Crippen LogP contribution in [-0.2, 0) is 16.0 Å². The van der Waals surface area contributed by atoms with Gasteiger partial charge in [0.1, 0.15) is 4.88 Å². The number of carbonyl (C=O) groups excluding carboxylic acids is 2. The zero-order valence-electron chi connectivity index (χ0n) is 18.8. The molecule has 1 aromatic heterocycles. The molecule has 1 aliphatic rings. The SMILES string of the molecule is CCCCCCc1ccc(N2C(=O)CC[C@@H]2C=Cc2ccc(C(=O)OC(C)C)s2)cc1. The van der Waals surface area contributed by atoms with Gasteiger partial charge in [0.2, 0.25) is 5.91 Å². The molecule has 3 rings (SSSR count). The second kappa shape index (κ2) is 11.3. The number of benzene rings is 1. The number of hydrogen-bond donors (Lipinski definition) is 0. The number of nitrogens with zero attached hydrogens (tertiary/aromatic N) is 1. The Morgan fingerprint density at radius 1 is 1.16 bits per heavy atom. The van der Waals surface area contributed by atoms with Crippen molar-refractivity contribution in [2.45, 2.75) is 77.9 Å². The van der Waals surface area contributed by atoms with Crippen LogP contribution in [0.1, 0.15) is 79.4 Å². The van der Waals surface area contributed by atoms with Crippen molar-refractivity contribution in [2.75, 3.05) is 4.90 Å². The Balaban J connectivity index is 1.63. The van der Waals surface area contributed by atoms with E-state index >= 15 is 0 Å². The summed E-state index contributed by atoms with van der Waals surface area (Å²) in [5.41, 5.74) is 2.29. The number of rotatable bonds is 10. The Morgan fingerprint density at radius 3 is 2.65 bits per heavy atom. The first-order chi connectivity index (χ1) is 15.0. The number of unbranched alkanes of at least 4 members (excludes halogenated alkanes) is 3. The predicted molar refractivity (Wildman–Crippen MR) is 129 cm³/mol. The van der Waals surface area contributed by atoms with E-state index in [1.54, 1.807) is 6.07 Å². The number of anilines is 1. The molecule has 166 valence electrons. The Kier molecular flexibility index (Phi) is 8.47. The van der Waals surface area contributed by atoms with Crippen LogP contribution < -0.4 is 4.90 Å². The molecular formula is C26H33NO3S. The van der Waals surface area contributed by atoms with Crippen molar-refractivity contribution in [1.29, 1.82) is 0 Å². The van der Waals surface area contributed by atoms with Crippen LogP contribution in [0.15, 0.2) is 42.5 Å². The predicted octanol–water partition coefficient (Wildman–Crippen LogP) is 6.64. The van der Waals surface area contributed by atoms with E-state index in [1.807, 2.05) is 30.9 Å². The van der Waals surface area contributed by atoms with Crippen molar-refractivity contribution in [3.63, 3.8) is 0 Å². The molecule has 2 aromatic rings. The minimum atomic E-state index is -0.285. The summed E-state index contributed by atoms with van der Waals surface area (Å²) in [6, 6.07) is 12.2. The molecule has 0 spiro atoms. The van der Waals surface area contributed by atoms with Crippen molar-refractivity contribution >= 4 is 35.0 Å². The van der Waals surface area contributed by atoms with E-state index in [0.717, 1.165) is 23.4 Å². The highest BCUT2D eigenvalue weighted by atomic mass is 32.1. The lowest BCUT2D eigenvalue weighted by Crippen LogP contribution is -2.31. The molecule has 1 aliphatic heterocycles. The molecule has 1 aromatic carbocycles. The number of hydrogen-bond acceptors (Lipinski definition) is 4. The van der Waals surface area contributed by atoms with Crippen LogP contribution in [-0.4, -0.2) is 24.0 Å². The standard InChI is InChI=1S/C26H33NO3S/c1-4-5-6-7-8-20-9-11-21(12-10-20)27-22(14-18-25(27)28)13-15-23-16-17-24(31-23)26(29)30-19(2)3/h9-13,15-17,19,22H,4-8,14,18H2,1-3H3/t22-/m0/s1. The first-order valence-corrected chi connectivity index (χ1v) is 12.2. The monoisotopic (exact) mass is 439 g/mol. The molecule has 5 heteroatoms. The molecule has 0 unspecified atom stereocenters. The Morgan fingerprint density at radius 2 is 1.94 bits per heavy atom. The molecule has 4 nitrogen and oxygen atoms in total. The van der Waals surface area contributed by atoms with Gasteiger partial charge < -0.3 is 9.64 Å². The fraction of sp³-hybridized carbons (Fsp3) is 0.462. The number of ether oxygens (including phenoxy) is 1. The summed E-state index contributed by atoms with van der Waals surface area (Å²) in [5, 5.41) is 0. The highest BCUT2D eigenvalue weighted by Gasteiger charge is 2.30. The summed E-state index contributed by atoms with van der Waals surface area (Å²) in [7, 11) is 0. The second-order valence-corrected chi connectivity index (χ2v) is 9.48. The fourth-order valence-corrected chi connectivity index (χ4v) is 4.64. The molecule has 1 fully saturated rings. The Bertz CT molecular complexity index is 898. The summed E-state index contributed by atoms with van der Waals surface area (Å²) in [6.45, 7) is 5.92. The van der Waals surface area contributed by atoms with E-state index < -0.39 is 0 Å². The van der Waals surface area contributed by atoms with Crippen molar-refractivity contribution in [3.8, 4) is 0 Å². The maximum atomic E-state index is 12.6. The van der Waals surface area contributed by atoms with Crippen molar-refractivity contribution in [3.05, 3.63) is 57.8 Å². The lowest BCUT2D eigenvalue weighted by molar-refractivity contribution is -0.117. The average Bonchev–Trinajstić information content (AvgIpc) is 3.36. The summed E-state index contributed by atoms with van der Waals surface area (Å²) in [6.07, 6.45) is 11.4. The second-order valence-electron chi connectivity index (χ2n) is 8.36. The van der Waals surface area contributed by atoms with E-state index in [-0.39, 0.29) is 24.0 Å². The van der Waals surface area contributed by atoms with Gasteiger partial charge in [0.25, 0.3) is 0 Å². The third kappa shape index (κ3) is 6.54. The molecule has 1 saturated heterocycles. The molecule has 0 aliphatic carbocycles. The molecule has 0 radical (unpaired) electrons. The van der Waals surface area contributed by atoms with Gasteiger partial charge in [-0.2, -0.15) is 0 Å². The maximum Gasteiger partial charge on any atom is 0.348 e. The fourth-order valence-electron chi connectivity index (χ4n) is 3.83. The summed E-state index contributed by atoms with van der Waals surface area (Å²) in [5.74, 6) is -0.121. The van der Waals surface area contributed by atoms with Crippen LogP contribution in [0, 0.1) is 0 Å². The zero-order chi connectivity index (χ0) is 22.2. The largest absolute Gasteiger partial charge is 0.459 e. The molecule has 31 heavy (non-hydrogen) atoms. The van der Waals surface area contributed by atoms with E-state index in [1.165, 1.54) is 42.6 Å². The van der Waals surface area contributed by atoms with Gasteiger partial charge in [-0.15, -0.1) is 11.3 Å². The van der Waals surface area contributed by atoms with Gasteiger partial charge in [-0.1, -0.05) is 44.4 Å². The van der Waals surface area contributed by atoms with Crippen LogP contribution in [0.5, 0.6) is 0 Å². The van der Waals surface area contributed by atoms with E-state index in [2.05, 4.69) is 37.3 Å². The minimum absolute atomic E-state index is 0.0380. The Hall–Kier alpha value is -2.40. The zero-order valence-corrected chi connectivity index (χ0v) is 19.6. The van der Waals surface area contributed by atoms with Gasteiger partial charge >= 0.3 is 5.97 Å². The number of carbonyl (C=O) groups is 2. The molecular weight excluding hydrogens is 406 g/mol. The van der Waals surface area contributed by atoms with Crippen molar-refractivity contribution in [1.82, 2.24) is 0 Å². The van der Waals surface area contributed by atoms with Gasteiger partial charge in [-0.05, 0) is 69.0 Å². The summed E-state index contributed by atoms with van der Waals surface area (Å²) in [4.78, 5) is 28.1. The topological polar surface area (TPSA) is 46.6 Å². The average molecular weight is 440 g/mol. The number of esters is 1. The highest BCUT2D eigenvalue weighted by Crippen LogP contribution is 2.29. The van der Waals surface area contributed by atoms with E-state index in [4.69, 9.17) is 4.74 Å². The van der Waals surface area contributed by atoms with Gasteiger partial charge in [0.05, 0.1) is 12.1 Å². The van der Waals surface area contributed by atoms with Gasteiger partial charge in [0, 0.05) is 17.0 Å². The first kappa shape index (κ1) is 23.3. The highest BCUT2D eigenvalue weighted by molar-refractivity contribution is 7.14. The summed E-state index contributed by atoms with van der Waals surface area (Å²) >= 11 is 1.41. The normalized spacial score (nSPS) is 16.6. The van der Waals surface area contributed by atoms with Gasteiger partial charge in [0.15, 0.2) is 0 Å². The Labute approximate surface area is 189 Å². The minimum Gasteiger partial charge on any atom is -0.459 e. The van der Waals surface area contributed by atoms with E-state index in [0.29, 0.717) is 11.3 Å². The van der Waals surface area contributed by atoms with Crippen LogP contribution in [0.4, 0.5) is 5.69 Å². The molecule has 0 bridgehead atoms. The van der Waals surface area contributed by atoms with Gasteiger partial charge in [-0.25, -0.2) is 4.79 Å². The van der Waals surface area contributed by atoms with Gasteiger partial charge in [-0.3, -0.25) is 4.79 Å². The van der Waals surface area contributed by atoms with Crippen LogP contribution in [0.25, 0.3) is 6.08 Å². The van der Waals surface area contributed by atoms with E-state index in [9.17, 15) is 9.59 Å². The molecule has 1 atom stereocenters. The molecule has 1 amide bonds. The van der Waals surface area contributed by atoms with Crippen LogP contribution in [0.2, 0.25) is 0 Å². The van der Waals surface area contributed by atoms with Crippen molar-refractivity contribution in [2.24, 2.45) is 0 Å². The molecule has 0 saturated carbocycles. The quantitative estimate of drug-likeness (QED) is 0.308. The molecule has 2 heterocycles. The summed E-state index contributed by atoms with van der Waals surface area (Å²) < 4.78 is 5.26. The lowest BCUT2D eigenvalue weighted by Gasteiger charge is -2.22. The smallest absolute Gasteiger partial charge is 0.348 e. The number of amides is 1. The molecule has 0 N–H and O–H groups in total. The number of aryl methyl sites for hydroxylation is 1. The first-order valence-electron chi connectivity index (χ1n) is 11.4. The lowest BCUT2D eigenvalue weighted by atomic mass is 10.1. The third-order valence-corrected chi connectivity index (χ3v) is 6.47. The van der Waals surface area contributed by atoms with Crippen LogP contribution in [0.3, 0.4) is 0 Å². The van der Waals surface area contributed by atoms with Crippen molar-refractivity contribution < 1.29 is 14.3 Å². The maximum absolute atomic E-state index is 12.6. The van der Waals surface area contributed by atoms with Crippen LogP contribution >= 0.6 is 11.3 Å². The number of thiophene rings is 1.